The highest BCUT2D eigenvalue weighted by atomic mass is 19.1. The fraction of sp³-hybridized carbons (Fsp3) is 0.278. The summed E-state index contributed by atoms with van der Waals surface area (Å²) < 4.78 is 24.9. The molecular formula is C18H20FN5O4. The van der Waals surface area contributed by atoms with Crippen LogP contribution in [0.15, 0.2) is 36.5 Å². The summed E-state index contributed by atoms with van der Waals surface area (Å²) in [6.07, 6.45) is 1.35. The summed E-state index contributed by atoms with van der Waals surface area (Å²) in [4.78, 5) is 16.2. The van der Waals surface area contributed by atoms with Crippen molar-refractivity contribution in [2.45, 2.75) is 6.04 Å². The van der Waals surface area contributed by atoms with Gasteiger partial charge < -0.3 is 19.9 Å². The zero-order valence-electron chi connectivity index (χ0n) is 15.1. The molecule has 4 N–H and O–H groups in total. The smallest absolute Gasteiger partial charge is 0.321 e. The van der Waals surface area contributed by atoms with Crippen molar-refractivity contribution in [2.24, 2.45) is 0 Å². The molecule has 1 aromatic carbocycles. The maximum absolute atomic E-state index is 14.7. The molecule has 0 saturated heterocycles. The van der Waals surface area contributed by atoms with Crippen LogP contribution in [0.25, 0.3) is 10.9 Å². The molecule has 2 amide bonds. The van der Waals surface area contributed by atoms with Crippen molar-refractivity contribution in [3.63, 3.8) is 0 Å². The number of nitrogens with one attached hydrogen (secondary N) is 3. The Balaban J connectivity index is 1.71. The Hall–Kier alpha value is -3.24. The van der Waals surface area contributed by atoms with Crippen LogP contribution in [0.3, 0.4) is 0 Å². The van der Waals surface area contributed by atoms with Gasteiger partial charge in [0.1, 0.15) is 12.1 Å². The van der Waals surface area contributed by atoms with Gasteiger partial charge in [0.2, 0.25) is 5.88 Å². The van der Waals surface area contributed by atoms with Crippen LogP contribution < -0.4 is 15.4 Å². The number of amides is 2. The summed E-state index contributed by atoms with van der Waals surface area (Å²) in [7, 11) is 1.54. The average molecular weight is 389 g/mol. The highest BCUT2D eigenvalue weighted by Crippen LogP contribution is 2.27. The number of halogens is 1. The first-order valence-corrected chi connectivity index (χ1v) is 8.51. The number of urea groups is 1. The predicted octanol–water partition coefficient (Wildman–Crippen LogP) is 1.98. The van der Waals surface area contributed by atoms with Crippen LogP contribution in [0.4, 0.5) is 15.0 Å². The van der Waals surface area contributed by atoms with Crippen LogP contribution in [0.2, 0.25) is 0 Å². The van der Waals surface area contributed by atoms with Crippen LogP contribution in [0, 0.1) is 5.82 Å². The Labute approximate surface area is 159 Å². The first-order valence-electron chi connectivity index (χ1n) is 8.51. The number of aliphatic hydroxyl groups is 1. The normalized spacial score (nSPS) is 12.0. The number of anilines is 1. The predicted molar refractivity (Wildman–Crippen MR) is 99.6 cm³/mol. The number of H-pyrrole nitrogens is 1. The third-order valence-corrected chi connectivity index (χ3v) is 3.97. The van der Waals surface area contributed by atoms with Crippen LogP contribution in [-0.2, 0) is 4.74 Å². The number of nitrogens with zero attached hydrogens (tertiary/aromatic N) is 2. The van der Waals surface area contributed by atoms with E-state index in [9.17, 15) is 14.3 Å². The molecular weight excluding hydrogens is 369 g/mol. The molecule has 0 aliphatic carbocycles. The van der Waals surface area contributed by atoms with Crippen LogP contribution in [-0.4, -0.2) is 53.2 Å². The highest BCUT2D eigenvalue weighted by Gasteiger charge is 2.19. The van der Waals surface area contributed by atoms with Gasteiger partial charge >= 0.3 is 6.03 Å². The van der Waals surface area contributed by atoms with E-state index in [0.717, 1.165) is 5.56 Å². The van der Waals surface area contributed by atoms with Gasteiger partial charge in [0.15, 0.2) is 11.6 Å². The number of benzene rings is 1. The van der Waals surface area contributed by atoms with E-state index in [-0.39, 0.29) is 30.4 Å². The summed E-state index contributed by atoms with van der Waals surface area (Å²) in [5.41, 5.74) is 0.773. The minimum Gasteiger partial charge on any atom is -0.474 e. The Morgan fingerprint density at radius 1 is 1.32 bits per heavy atom. The van der Waals surface area contributed by atoms with Gasteiger partial charge in [0.25, 0.3) is 0 Å². The van der Waals surface area contributed by atoms with Crippen LogP contribution in [0.5, 0.6) is 5.88 Å². The molecule has 0 fully saturated rings. The number of aliphatic hydroxyl groups excluding tert-OH is 1. The monoisotopic (exact) mass is 389 g/mol. The maximum atomic E-state index is 14.7. The molecule has 10 heteroatoms. The number of fused-ring (bicyclic) bond motifs is 1. The Morgan fingerprint density at radius 2 is 2.11 bits per heavy atom. The van der Waals surface area contributed by atoms with E-state index in [1.807, 2.05) is 6.07 Å². The summed E-state index contributed by atoms with van der Waals surface area (Å²) in [6.45, 7) is 0.301. The number of aromatic nitrogens is 3. The largest absolute Gasteiger partial charge is 0.474 e. The summed E-state index contributed by atoms with van der Waals surface area (Å²) in [5.74, 6) is -0.859. The molecule has 0 aliphatic rings. The number of methoxy groups -OCH3 is 1. The number of rotatable bonds is 8. The topological polar surface area (TPSA) is 121 Å². The molecule has 9 nitrogen and oxygen atoms in total. The van der Waals surface area contributed by atoms with Gasteiger partial charge in [-0.05, 0) is 5.56 Å². The Morgan fingerprint density at radius 3 is 2.82 bits per heavy atom. The molecule has 3 aromatic rings. The summed E-state index contributed by atoms with van der Waals surface area (Å²) in [5, 5.41) is 21.2. The van der Waals surface area contributed by atoms with Gasteiger partial charge in [-0.15, -0.1) is 5.10 Å². The second kappa shape index (κ2) is 9.11. The second-order valence-electron chi connectivity index (χ2n) is 5.82. The quantitative estimate of drug-likeness (QED) is 0.437. The Kier molecular flexibility index (Phi) is 6.35. The molecule has 2 heterocycles. The van der Waals surface area contributed by atoms with E-state index in [4.69, 9.17) is 9.47 Å². The van der Waals surface area contributed by atoms with Crippen molar-refractivity contribution < 1.29 is 23.8 Å². The number of carbonyl (C=O) groups is 1. The lowest BCUT2D eigenvalue weighted by molar-refractivity contribution is 0.144. The first kappa shape index (κ1) is 19.5. The third kappa shape index (κ3) is 4.35. The zero-order valence-corrected chi connectivity index (χ0v) is 15.1. The minimum atomic E-state index is -0.776. The van der Waals surface area contributed by atoms with E-state index >= 15 is 0 Å². The van der Waals surface area contributed by atoms with Crippen molar-refractivity contribution in [1.29, 1.82) is 0 Å². The van der Waals surface area contributed by atoms with Gasteiger partial charge in [-0.25, -0.2) is 14.2 Å². The lowest BCUT2D eigenvalue weighted by atomic mass is 10.1. The van der Waals surface area contributed by atoms with Crippen molar-refractivity contribution >= 4 is 22.8 Å². The van der Waals surface area contributed by atoms with Crippen LogP contribution >= 0.6 is 0 Å². The van der Waals surface area contributed by atoms with E-state index in [1.54, 1.807) is 24.3 Å². The fourth-order valence-electron chi connectivity index (χ4n) is 2.57. The first-order chi connectivity index (χ1) is 13.6. The van der Waals surface area contributed by atoms with Crippen molar-refractivity contribution in [3.8, 4) is 5.88 Å². The van der Waals surface area contributed by atoms with E-state index in [1.165, 1.54) is 13.3 Å². The molecule has 148 valence electrons. The number of hydrogen-bond acceptors (Lipinski definition) is 6. The molecule has 0 radical (unpaired) electrons. The van der Waals surface area contributed by atoms with Crippen molar-refractivity contribution in [3.05, 3.63) is 47.9 Å². The molecule has 1 atom stereocenters. The summed E-state index contributed by atoms with van der Waals surface area (Å²) in [6, 6.07) is 7.59. The number of aromatic amines is 1. The number of hydrogen-bond donors (Lipinski definition) is 4. The maximum Gasteiger partial charge on any atom is 0.321 e. The van der Waals surface area contributed by atoms with Gasteiger partial charge in [-0.3, -0.25) is 10.4 Å². The number of ether oxygens (including phenoxy) is 2. The lowest BCUT2D eigenvalue weighted by Gasteiger charge is -2.17. The molecule has 0 spiro atoms. The fourth-order valence-corrected chi connectivity index (χ4v) is 2.57. The number of pyridine rings is 1. The van der Waals surface area contributed by atoms with E-state index < -0.39 is 17.9 Å². The zero-order chi connectivity index (χ0) is 19.9. The lowest BCUT2D eigenvalue weighted by Crippen LogP contribution is -2.34. The second-order valence-corrected chi connectivity index (χ2v) is 5.82. The van der Waals surface area contributed by atoms with Gasteiger partial charge in [-0.1, -0.05) is 30.3 Å². The van der Waals surface area contributed by atoms with Gasteiger partial charge in [0.05, 0.1) is 24.6 Å². The molecule has 0 aliphatic heterocycles. The van der Waals surface area contributed by atoms with Crippen LogP contribution in [0.1, 0.15) is 11.6 Å². The standard InChI is InChI=1S/C18H20FN5O4/c1-27-7-8-28-17-12-9-20-16(14(19)15(12)23-24-17)22-18(26)21-13(10-25)11-5-3-2-4-6-11/h2-6,9,13,25H,7-8,10H2,1H3,(H,23,24)(H2,20,21,22,26)/t13-/m1/s1. The summed E-state index contributed by atoms with van der Waals surface area (Å²) >= 11 is 0. The van der Waals surface area contributed by atoms with E-state index in [2.05, 4.69) is 25.8 Å². The minimum absolute atomic E-state index is 0.0551. The SMILES string of the molecule is COCCOc1n[nH]c2c(F)c(NC(=O)N[C@H](CO)c3ccccc3)ncc12. The third-order valence-electron chi connectivity index (χ3n) is 3.97. The molecule has 3 rings (SSSR count). The highest BCUT2D eigenvalue weighted by molar-refractivity contribution is 5.92. The number of carbonyl (C=O) groups excluding carboxylic acids is 1. The van der Waals surface area contributed by atoms with Crippen molar-refractivity contribution in [2.75, 3.05) is 32.2 Å². The average Bonchev–Trinajstić information content (AvgIpc) is 3.13. The molecule has 0 saturated carbocycles. The molecule has 28 heavy (non-hydrogen) atoms. The Bertz CT molecular complexity index is 934. The molecule has 0 bridgehead atoms. The molecule has 2 aromatic heterocycles. The van der Waals surface area contributed by atoms with Crippen molar-refractivity contribution in [1.82, 2.24) is 20.5 Å². The van der Waals surface area contributed by atoms with Gasteiger partial charge in [0, 0.05) is 13.3 Å². The van der Waals surface area contributed by atoms with Gasteiger partial charge in [-0.2, -0.15) is 0 Å². The van der Waals surface area contributed by atoms with E-state index in [0.29, 0.717) is 12.0 Å². The molecule has 0 unspecified atom stereocenters.